The number of carbonyl (C=O) groups is 1. The number of ether oxygens (including phenoxy) is 1. The summed E-state index contributed by atoms with van der Waals surface area (Å²) in [5.74, 6) is -1.07. The minimum atomic E-state index is -4.30. The van der Waals surface area contributed by atoms with Crippen molar-refractivity contribution in [3.63, 3.8) is 0 Å². The first-order valence-corrected chi connectivity index (χ1v) is 11.8. The zero-order valence-corrected chi connectivity index (χ0v) is 20.7. The van der Waals surface area contributed by atoms with Crippen molar-refractivity contribution < 1.29 is 57.5 Å². The molecular formula is C20H39NaO6S. The van der Waals surface area contributed by atoms with Crippen molar-refractivity contribution in [3.8, 4) is 0 Å². The molecule has 0 radical (unpaired) electrons. The van der Waals surface area contributed by atoms with Crippen LogP contribution in [0.3, 0.4) is 0 Å². The van der Waals surface area contributed by atoms with Gasteiger partial charge < -0.3 is 14.8 Å². The molecule has 0 bridgehead atoms. The number of allylic oxidation sites excluding steroid dienone is 2. The molecule has 0 aromatic carbocycles. The van der Waals surface area contributed by atoms with E-state index in [0.717, 1.165) is 32.1 Å². The van der Waals surface area contributed by atoms with Crippen LogP contribution in [0.2, 0.25) is 0 Å². The molecule has 6 nitrogen and oxygen atoms in total. The summed E-state index contributed by atoms with van der Waals surface area (Å²) in [6.07, 6.45) is 20.4. The Balaban J connectivity index is -0.00000312. The number of hydrogen-bond donors (Lipinski definition) is 0. The Bertz CT molecular complexity index is 465. The van der Waals surface area contributed by atoms with Gasteiger partial charge in [-0.2, -0.15) is 0 Å². The molecular weight excluding hydrogens is 391 g/mol. The predicted octanol–water partition coefficient (Wildman–Crippen LogP) is 1.29. The summed E-state index contributed by atoms with van der Waals surface area (Å²) in [4.78, 5) is 11.3. The molecule has 0 saturated heterocycles. The molecule has 0 aromatic heterocycles. The first-order valence-electron chi connectivity index (χ1n) is 10.2. The van der Waals surface area contributed by atoms with Crippen LogP contribution in [0.1, 0.15) is 96.8 Å². The molecule has 28 heavy (non-hydrogen) atoms. The molecule has 0 amide bonds. The molecule has 0 spiro atoms. The van der Waals surface area contributed by atoms with E-state index in [1.54, 1.807) is 0 Å². The van der Waals surface area contributed by atoms with Crippen molar-refractivity contribution in [2.45, 2.75) is 96.8 Å². The second-order valence-corrected chi connectivity index (χ2v) is 8.34. The number of unbranched alkanes of at least 4 members (excludes halogenated alkanes) is 11. The molecule has 0 saturated carbocycles. The van der Waals surface area contributed by atoms with E-state index in [1.807, 2.05) is 0 Å². The van der Waals surface area contributed by atoms with Crippen LogP contribution in [-0.2, 0) is 19.6 Å². The topological polar surface area (TPSA) is 115 Å². The fourth-order valence-corrected chi connectivity index (χ4v) is 2.96. The molecule has 0 heterocycles. The molecule has 2 N–H and O–H groups in total. The van der Waals surface area contributed by atoms with Crippen molar-refractivity contribution in [1.82, 2.24) is 0 Å². The van der Waals surface area contributed by atoms with Gasteiger partial charge in [-0.25, -0.2) is 8.42 Å². The average Bonchev–Trinajstić information content (AvgIpc) is 2.57. The van der Waals surface area contributed by atoms with E-state index in [4.69, 9.17) is 4.74 Å². The summed E-state index contributed by atoms with van der Waals surface area (Å²) in [6, 6.07) is 0. The number of hydrogen-bond acceptors (Lipinski definition) is 5. The van der Waals surface area contributed by atoms with Crippen molar-refractivity contribution in [2.75, 3.05) is 12.4 Å². The summed E-state index contributed by atoms with van der Waals surface area (Å²) >= 11 is 0. The summed E-state index contributed by atoms with van der Waals surface area (Å²) in [5.41, 5.74) is 0. The Labute approximate surface area is 194 Å². The van der Waals surface area contributed by atoms with Gasteiger partial charge in [0.2, 0.25) is 0 Å². The van der Waals surface area contributed by atoms with E-state index < -0.39 is 21.8 Å². The first-order chi connectivity index (χ1) is 12.5. The van der Waals surface area contributed by atoms with Crippen molar-refractivity contribution in [2.24, 2.45) is 0 Å². The molecule has 0 rings (SSSR count). The van der Waals surface area contributed by atoms with Gasteiger partial charge >= 0.3 is 35.5 Å². The Hall–Kier alpha value is 0.0800. The fourth-order valence-electron chi connectivity index (χ4n) is 2.67. The van der Waals surface area contributed by atoms with Gasteiger partial charge in [0.1, 0.15) is 6.61 Å². The Morgan fingerprint density at radius 3 is 1.82 bits per heavy atom. The predicted molar refractivity (Wildman–Crippen MR) is 109 cm³/mol. The van der Waals surface area contributed by atoms with Gasteiger partial charge in [0, 0.05) is 6.42 Å². The van der Waals surface area contributed by atoms with Crippen LogP contribution in [0.5, 0.6) is 0 Å². The van der Waals surface area contributed by atoms with Gasteiger partial charge in [-0.1, -0.05) is 70.4 Å². The van der Waals surface area contributed by atoms with Crippen molar-refractivity contribution in [3.05, 3.63) is 12.2 Å². The second kappa shape index (κ2) is 23.4. The van der Waals surface area contributed by atoms with Crippen LogP contribution in [-0.4, -0.2) is 36.8 Å². The molecule has 0 atom stereocenters. The summed E-state index contributed by atoms with van der Waals surface area (Å²) < 4.78 is 35.8. The zero-order valence-electron chi connectivity index (χ0n) is 17.9. The van der Waals surface area contributed by atoms with E-state index in [9.17, 15) is 17.8 Å². The van der Waals surface area contributed by atoms with Crippen LogP contribution in [0.25, 0.3) is 0 Å². The van der Waals surface area contributed by atoms with E-state index in [1.165, 1.54) is 51.4 Å². The van der Waals surface area contributed by atoms with Gasteiger partial charge in [-0.15, -0.1) is 0 Å². The summed E-state index contributed by atoms with van der Waals surface area (Å²) in [7, 11) is -4.30. The van der Waals surface area contributed by atoms with Crippen LogP contribution in [0.4, 0.5) is 0 Å². The average molecular weight is 431 g/mol. The molecule has 0 unspecified atom stereocenters. The van der Waals surface area contributed by atoms with E-state index in [2.05, 4.69) is 19.1 Å². The van der Waals surface area contributed by atoms with Gasteiger partial charge in [0.25, 0.3) is 0 Å². The quantitative estimate of drug-likeness (QED) is 0.107. The number of rotatable bonds is 18. The standard InChI is InChI=1S/C20H38O5S.Na.H2O/c1-2-3-4-5-6-7-8-9-10-11-12-13-14-15-16-17-20(21)25-18-19-26(22,23)24;;/h9-10H,2-8,11-19H2,1H3,(H,22,23,24);;1H2/q;+1;/p-1/b10-9-;;. The second-order valence-electron chi connectivity index (χ2n) is 6.82. The SMILES string of the molecule is CCCCCCCC/C=C\CCCCCCCC(=O)OCCS(=O)(=O)[O-].O.[Na+]. The van der Waals surface area contributed by atoms with Crippen LogP contribution in [0.15, 0.2) is 12.2 Å². The van der Waals surface area contributed by atoms with E-state index >= 15 is 0 Å². The van der Waals surface area contributed by atoms with Gasteiger partial charge in [-0.05, 0) is 32.1 Å². The maximum atomic E-state index is 11.3. The van der Waals surface area contributed by atoms with Gasteiger partial charge in [-0.3, -0.25) is 4.79 Å². The number of carbonyl (C=O) groups excluding carboxylic acids is 1. The molecule has 8 heteroatoms. The molecule has 162 valence electrons. The van der Waals surface area contributed by atoms with Crippen molar-refractivity contribution in [1.29, 1.82) is 0 Å². The Kier molecular flexibility index (Phi) is 27.3. The van der Waals surface area contributed by atoms with Crippen molar-refractivity contribution >= 4 is 16.1 Å². The Morgan fingerprint density at radius 1 is 0.857 bits per heavy atom. The molecule has 0 aliphatic heterocycles. The molecule has 0 aromatic rings. The largest absolute Gasteiger partial charge is 1.00 e. The van der Waals surface area contributed by atoms with Crippen LogP contribution >= 0.6 is 0 Å². The minimum absolute atomic E-state index is 0. The van der Waals surface area contributed by atoms with Gasteiger partial charge in [0.05, 0.1) is 15.9 Å². The monoisotopic (exact) mass is 430 g/mol. The third-order valence-electron chi connectivity index (χ3n) is 4.24. The van der Waals surface area contributed by atoms with Gasteiger partial charge in [0.15, 0.2) is 0 Å². The van der Waals surface area contributed by atoms with E-state index in [0.29, 0.717) is 0 Å². The number of esters is 1. The maximum Gasteiger partial charge on any atom is 1.00 e. The third kappa shape index (κ3) is 28.3. The summed E-state index contributed by atoms with van der Waals surface area (Å²) in [5, 5.41) is 0. The smallest absolute Gasteiger partial charge is 0.748 e. The third-order valence-corrected chi connectivity index (χ3v) is 4.91. The fraction of sp³-hybridized carbons (Fsp3) is 0.850. The van der Waals surface area contributed by atoms with Crippen LogP contribution < -0.4 is 29.6 Å². The molecule has 0 aliphatic carbocycles. The van der Waals surface area contributed by atoms with E-state index in [-0.39, 0.29) is 48.1 Å². The van der Waals surface area contributed by atoms with Crippen LogP contribution in [0, 0.1) is 0 Å². The summed E-state index contributed by atoms with van der Waals surface area (Å²) in [6.45, 7) is 1.90. The normalized spacial score (nSPS) is 11.1. The zero-order chi connectivity index (χ0) is 19.5. The Morgan fingerprint density at radius 2 is 1.32 bits per heavy atom. The maximum absolute atomic E-state index is 11.3. The first kappa shape index (κ1) is 32.7. The minimum Gasteiger partial charge on any atom is -0.748 e. The molecule has 0 fully saturated rings. The molecule has 0 aliphatic rings.